The Hall–Kier alpha value is -3.97. The SMILES string of the molecule is CC(=O)Nc1ccc(N2C(=S)N[C@@H](c3ccccn3)[C@@H]2c2cc(C)n(-c3cccc(C)c3)c2C)cc1. The molecule has 182 valence electrons. The summed E-state index contributed by atoms with van der Waals surface area (Å²) in [6.45, 7) is 7.92. The first-order valence-corrected chi connectivity index (χ1v) is 12.4. The molecule has 36 heavy (non-hydrogen) atoms. The lowest BCUT2D eigenvalue weighted by Gasteiger charge is -2.28. The highest BCUT2D eigenvalue weighted by atomic mass is 32.1. The largest absolute Gasteiger partial charge is 0.351 e. The molecule has 4 aromatic rings. The molecule has 6 nitrogen and oxygen atoms in total. The topological polar surface area (TPSA) is 62.2 Å². The molecule has 2 aromatic carbocycles. The number of rotatable bonds is 5. The molecule has 0 unspecified atom stereocenters. The molecule has 7 heteroatoms. The van der Waals surface area contributed by atoms with E-state index in [1.165, 1.54) is 18.1 Å². The number of nitrogens with zero attached hydrogens (tertiary/aromatic N) is 3. The summed E-state index contributed by atoms with van der Waals surface area (Å²) in [5.74, 6) is -0.0993. The van der Waals surface area contributed by atoms with Crippen molar-refractivity contribution in [1.82, 2.24) is 14.9 Å². The summed E-state index contributed by atoms with van der Waals surface area (Å²) in [6.07, 6.45) is 1.82. The van der Waals surface area contributed by atoms with Gasteiger partial charge in [-0.2, -0.15) is 0 Å². The summed E-state index contributed by atoms with van der Waals surface area (Å²) in [5, 5.41) is 7.01. The van der Waals surface area contributed by atoms with Crippen LogP contribution in [0.1, 0.15) is 47.2 Å². The van der Waals surface area contributed by atoms with Crippen molar-refractivity contribution in [2.75, 3.05) is 10.2 Å². The van der Waals surface area contributed by atoms with Gasteiger partial charge in [0.1, 0.15) is 0 Å². The molecule has 2 aromatic heterocycles. The van der Waals surface area contributed by atoms with Gasteiger partial charge in [-0.3, -0.25) is 9.78 Å². The molecule has 5 rings (SSSR count). The zero-order chi connectivity index (χ0) is 25.4. The lowest BCUT2D eigenvalue weighted by atomic mass is 9.96. The number of pyridine rings is 1. The van der Waals surface area contributed by atoms with Gasteiger partial charge >= 0.3 is 0 Å². The van der Waals surface area contributed by atoms with Gasteiger partial charge in [-0.15, -0.1) is 0 Å². The van der Waals surface area contributed by atoms with Crippen LogP contribution in [0.2, 0.25) is 0 Å². The zero-order valence-electron chi connectivity index (χ0n) is 20.8. The molecule has 0 aliphatic carbocycles. The van der Waals surface area contributed by atoms with E-state index in [1.807, 2.05) is 48.7 Å². The minimum Gasteiger partial charge on any atom is -0.351 e. The Bertz CT molecular complexity index is 1430. The van der Waals surface area contributed by atoms with Gasteiger partial charge in [-0.05, 0) is 98.7 Å². The second kappa shape index (κ2) is 9.59. The van der Waals surface area contributed by atoms with Crippen molar-refractivity contribution >= 4 is 34.6 Å². The van der Waals surface area contributed by atoms with E-state index in [-0.39, 0.29) is 18.0 Å². The van der Waals surface area contributed by atoms with Gasteiger partial charge in [0, 0.05) is 41.6 Å². The minimum absolute atomic E-state index is 0.0993. The van der Waals surface area contributed by atoms with E-state index in [9.17, 15) is 4.79 Å². The van der Waals surface area contributed by atoms with Crippen molar-refractivity contribution in [3.05, 3.63) is 107 Å². The fraction of sp³-hybridized carbons (Fsp3) is 0.207. The summed E-state index contributed by atoms with van der Waals surface area (Å²) in [4.78, 5) is 18.3. The summed E-state index contributed by atoms with van der Waals surface area (Å²) < 4.78 is 2.30. The van der Waals surface area contributed by atoms with Gasteiger partial charge in [0.05, 0.1) is 17.8 Å². The lowest BCUT2D eigenvalue weighted by molar-refractivity contribution is -0.114. The van der Waals surface area contributed by atoms with E-state index in [1.54, 1.807) is 0 Å². The monoisotopic (exact) mass is 495 g/mol. The van der Waals surface area contributed by atoms with E-state index in [4.69, 9.17) is 12.2 Å². The molecule has 0 saturated carbocycles. The third-order valence-electron chi connectivity index (χ3n) is 6.61. The number of carbonyl (C=O) groups is 1. The van der Waals surface area contributed by atoms with Gasteiger partial charge < -0.3 is 20.1 Å². The molecular formula is C29H29N5OS. The molecule has 1 fully saturated rings. The fourth-order valence-electron chi connectivity index (χ4n) is 5.11. The highest BCUT2D eigenvalue weighted by Crippen LogP contribution is 2.43. The highest BCUT2D eigenvalue weighted by molar-refractivity contribution is 7.80. The first-order valence-electron chi connectivity index (χ1n) is 12.0. The van der Waals surface area contributed by atoms with Crippen LogP contribution in [0.5, 0.6) is 0 Å². The molecule has 0 bridgehead atoms. The number of aryl methyl sites for hydroxylation is 2. The van der Waals surface area contributed by atoms with Crippen LogP contribution >= 0.6 is 12.2 Å². The average molecular weight is 496 g/mol. The summed E-state index contributed by atoms with van der Waals surface area (Å²) in [5.41, 5.74) is 8.50. The first kappa shape index (κ1) is 23.8. The molecule has 0 spiro atoms. The number of amides is 1. The maximum atomic E-state index is 11.5. The maximum Gasteiger partial charge on any atom is 0.221 e. The third kappa shape index (κ3) is 4.38. The lowest BCUT2D eigenvalue weighted by Crippen LogP contribution is -2.29. The maximum absolute atomic E-state index is 11.5. The number of carbonyl (C=O) groups excluding carboxylic acids is 1. The number of benzene rings is 2. The molecule has 2 N–H and O–H groups in total. The first-order chi connectivity index (χ1) is 17.3. The van der Waals surface area contributed by atoms with Crippen molar-refractivity contribution in [2.45, 2.75) is 39.8 Å². The van der Waals surface area contributed by atoms with Crippen molar-refractivity contribution in [2.24, 2.45) is 0 Å². The third-order valence-corrected chi connectivity index (χ3v) is 6.93. The Morgan fingerprint density at radius 1 is 0.972 bits per heavy atom. The Morgan fingerprint density at radius 3 is 2.42 bits per heavy atom. The molecule has 3 heterocycles. The Kier molecular flexibility index (Phi) is 6.33. The minimum atomic E-state index is -0.125. The van der Waals surface area contributed by atoms with Crippen molar-refractivity contribution in [1.29, 1.82) is 0 Å². The number of hydrogen-bond donors (Lipinski definition) is 2. The number of hydrogen-bond acceptors (Lipinski definition) is 3. The quantitative estimate of drug-likeness (QED) is 0.336. The summed E-state index contributed by atoms with van der Waals surface area (Å²) in [6, 6.07) is 24.3. The van der Waals surface area contributed by atoms with Gasteiger partial charge in [0.2, 0.25) is 5.91 Å². The fourth-order valence-corrected chi connectivity index (χ4v) is 5.45. The Morgan fingerprint density at radius 2 is 1.75 bits per heavy atom. The van der Waals surface area contributed by atoms with Crippen LogP contribution in [0.4, 0.5) is 11.4 Å². The van der Waals surface area contributed by atoms with Crippen LogP contribution in [-0.4, -0.2) is 20.6 Å². The van der Waals surface area contributed by atoms with E-state index in [0.717, 1.165) is 34.1 Å². The molecule has 2 atom stereocenters. The van der Waals surface area contributed by atoms with Gasteiger partial charge in [0.25, 0.3) is 0 Å². The Labute approximate surface area is 217 Å². The van der Waals surface area contributed by atoms with Crippen molar-refractivity contribution < 1.29 is 4.79 Å². The van der Waals surface area contributed by atoms with E-state index in [2.05, 4.69) is 76.2 Å². The van der Waals surface area contributed by atoms with Crippen LogP contribution in [0.15, 0.2) is 79.0 Å². The molecule has 1 amide bonds. The van der Waals surface area contributed by atoms with Crippen molar-refractivity contribution in [3.8, 4) is 5.69 Å². The van der Waals surface area contributed by atoms with Crippen LogP contribution in [0.25, 0.3) is 5.69 Å². The molecule has 0 radical (unpaired) electrons. The zero-order valence-corrected chi connectivity index (χ0v) is 21.6. The molecule has 1 aliphatic rings. The van der Waals surface area contributed by atoms with Gasteiger partial charge in [-0.1, -0.05) is 18.2 Å². The van der Waals surface area contributed by atoms with E-state index in [0.29, 0.717) is 5.11 Å². The van der Waals surface area contributed by atoms with Crippen LogP contribution in [0, 0.1) is 20.8 Å². The summed E-state index contributed by atoms with van der Waals surface area (Å²) >= 11 is 5.88. The van der Waals surface area contributed by atoms with Crippen molar-refractivity contribution in [3.63, 3.8) is 0 Å². The highest BCUT2D eigenvalue weighted by Gasteiger charge is 2.42. The van der Waals surface area contributed by atoms with Gasteiger partial charge in [0.15, 0.2) is 5.11 Å². The van der Waals surface area contributed by atoms with E-state index >= 15 is 0 Å². The van der Waals surface area contributed by atoms with E-state index < -0.39 is 0 Å². The summed E-state index contributed by atoms with van der Waals surface area (Å²) in [7, 11) is 0. The second-order valence-electron chi connectivity index (χ2n) is 9.23. The standard InChI is InChI=1S/C29H29N5OS/c1-18-8-7-9-24(16-18)33-19(2)17-25(20(33)3)28-27(26-10-5-6-15-30-26)32-29(36)34(28)23-13-11-22(12-14-23)31-21(4)35/h5-17,27-28H,1-4H3,(H,31,35)(H,32,36)/t27-,28-/m0/s1. The smallest absolute Gasteiger partial charge is 0.221 e. The Balaban J connectivity index is 1.63. The van der Waals surface area contributed by atoms with Crippen LogP contribution in [-0.2, 0) is 4.79 Å². The molecule has 1 aliphatic heterocycles. The molecule has 1 saturated heterocycles. The van der Waals surface area contributed by atoms with Crippen LogP contribution < -0.4 is 15.5 Å². The number of thiocarbonyl (C=S) groups is 1. The second-order valence-corrected chi connectivity index (χ2v) is 9.61. The predicted octanol–water partition coefficient (Wildman–Crippen LogP) is 5.93. The average Bonchev–Trinajstić information content (AvgIpc) is 3.35. The number of anilines is 2. The van der Waals surface area contributed by atoms with Gasteiger partial charge in [-0.25, -0.2) is 0 Å². The number of nitrogens with one attached hydrogen (secondary N) is 2. The normalized spacial score (nSPS) is 17.2. The predicted molar refractivity (Wildman–Crippen MR) is 149 cm³/mol. The van der Waals surface area contributed by atoms with Crippen LogP contribution in [0.3, 0.4) is 0 Å². The number of aromatic nitrogens is 2. The molecular weight excluding hydrogens is 466 g/mol.